The fourth-order valence-electron chi connectivity index (χ4n) is 3.17. The normalized spacial score (nSPS) is 12.0. The lowest BCUT2D eigenvalue weighted by Crippen LogP contribution is -2.27. The molecule has 0 bridgehead atoms. The lowest BCUT2D eigenvalue weighted by atomic mass is 10.1. The number of methoxy groups -OCH3 is 2. The molecule has 3 aromatic carbocycles. The third-order valence-corrected chi connectivity index (χ3v) is 6.90. The molecule has 9 heteroatoms. The van der Waals surface area contributed by atoms with Crippen LogP contribution in [0.25, 0.3) is 0 Å². The van der Waals surface area contributed by atoms with Crippen LogP contribution in [0, 0.1) is 6.92 Å². The highest BCUT2D eigenvalue weighted by Crippen LogP contribution is 2.30. The lowest BCUT2D eigenvalue weighted by Gasteiger charge is -2.17. The molecule has 1 amide bonds. The predicted octanol–water partition coefficient (Wildman–Crippen LogP) is 4.96. The van der Waals surface area contributed by atoms with Gasteiger partial charge in [0.15, 0.2) is 11.5 Å². The summed E-state index contributed by atoms with van der Waals surface area (Å²) >= 11 is 6.16. The second-order valence-electron chi connectivity index (χ2n) is 7.43. The number of carbonyl (C=O) groups excluding carboxylic acids is 1. The first-order chi connectivity index (χ1) is 15.6. The largest absolute Gasteiger partial charge is 0.493 e. The van der Waals surface area contributed by atoms with E-state index in [1.807, 2.05) is 19.9 Å². The molecule has 0 radical (unpaired) electrons. The number of ether oxygens (including phenoxy) is 2. The minimum absolute atomic E-state index is 0.0131. The third kappa shape index (κ3) is 5.77. The summed E-state index contributed by atoms with van der Waals surface area (Å²) in [6.07, 6.45) is 0. The van der Waals surface area contributed by atoms with Gasteiger partial charge in [0, 0.05) is 11.3 Å². The van der Waals surface area contributed by atoms with Crippen molar-refractivity contribution in [3.05, 3.63) is 82.4 Å². The second kappa shape index (κ2) is 10.1. The molecule has 174 valence electrons. The summed E-state index contributed by atoms with van der Waals surface area (Å²) in [5.74, 6) is 0.673. The van der Waals surface area contributed by atoms with Gasteiger partial charge in [0.05, 0.1) is 25.3 Å². The number of sulfonamides is 1. The molecule has 0 aromatic heterocycles. The van der Waals surface area contributed by atoms with Crippen LogP contribution in [0.5, 0.6) is 11.5 Å². The molecular weight excluding hydrogens is 464 g/mol. The number of aryl methyl sites for hydroxylation is 1. The number of halogens is 1. The zero-order valence-electron chi connectivity index (χ0n) is 18.7. The summed E-state index contributed by atoms with van der Waals surface area (Å²) in [6.45, 7) is 3.71. The number of anilines is 1. The van der Waals surface area contributed by atoms with Gasteiger partial charge in [-0.25, -0.2) is 8.42 Å². The molecule has 3 rings (SSSR count). The first kappa shape index (κ1) is 24.4. The fourth-order valence-corrected chi connectivity index (χ4v) is 4.75. The van der Waals surface area contributed by atoms with Crippen LogP contribution in [-0.4, -0.2) is 28.5 Å². The van der Waals surface area contributed by atoms with E-state index in [9.17, 15) is 13.2 Å². The van der Waals surface area contributed by atoms with Crippen LogP contribution in [0.1, 0.15) is 34.5 Å². The van der Waals surface area contributed by atoms with E-state index in [1.165, 1.54) is 25.3 Å². The van der Waals surface area contributed by atoms with Crippen molar-refractivity contribution in [3.63, 3.8) is 0 Å². The van der Waals surface area contributed by atoms with Crippen LogP contribution in [0.15, 0.2) is 65.6 Å². The Labute approximate surface area is 198 Å². The standard InChI is InChI=1S/C24H25ClN2O5S/c1-15-5-9-19(10-6-15)27-33(29,30)23-14-18(7-11-20(23)25)24(28)26-16(2)17-8-12-21(31-3)22(13-17)32-4/h5-14,16,27H,1-4H3,(H,26,28)/t16-/m0/s1. The fraction of sp³-hybridized carbons (Fsp3) is 0.208. The van der Waals surface area contributed by atoms with E-state index in [0.717, 1.165) is 11.1 Å². The Morgan fingerprint density at radius 2 is 1.61 bits per heavy atom. The molecule has 33 heavy (non-hydrogen) atoms. The molecule has 0 aliphatic heterocycles. The first-order valence-electron chi connectivity index (χ1n) is 10.1. The van der Waals surface area contributed by atoms with Crippen molar-refractivity contribution in [1.29, 1.82) is 0 Å². The van der Waals surface area contributed by atoms with E-state index in [1.54, 1.807) is 43.5 Å². The summed E-state index contributed by atoms with van der Waals surface area (Å²) in [7, 11) is -0.925. The van der Waals surface area contributed by atoms with Gasteiger partial charge >= 0.3 is 0 Å². The molecule has 0 aliphatic rings. The van der Waals surface area contributed by atoms with Crippen molar-refractivity contribution in [2.45, 2.75) is 24.8 Å². The number of amides is 1. The van der Waals surface area contributed by atoms with Crippen LogP contribution >= 0.6 is 11.6 Å². The maximum absolute atomic E-state index is 12.9. The van der Waals surface area contributed by atoms with Crippen LogP contribution in [0.3, 0.4) is 0 Å². The van der Waals surface area contributed by atoms with E-state index >= 15 is 0 Å². The molecular formula is C24H25ClN2O5S. The summed E-state index contributed by atoms with van der Waals surface area (Å²) < 4.78 is 38.8. The van der Waals surface area contributed by atoms with Crippen LogP contribution in [0.2, 0.25) is 5.02 Å². The Kier molecular flexibility index (Phi) is 7.50. The van der Waals surface area contributed by atoms with Crippen molar-refractivity contribution in [2.75, 3.05) is 18.9 Å². The van der Waals surface area contributed by atoms with Gasteiger partial charge in [0.1, 0.15) is 4.90 Å². The predicted molar refractivity (Wildman–Crippen MR) is 129 cm³/mol. The number of benzene rings is 3. The van der Waals surface area contributed by atoms with Gasteiger partial charge in [0.25, 0.3) is 15.9 Å². The zero-order chi connectivity index (χ0) is 24.2. The van der Waals surface area contributed by atoms with Crippen molar-refractivity contribution in [2.24, 2.45) is 0 Å². The highest BCUT2D eigenvalue weighted by molar-refractivity contribution is 7.92. The molecule has 7 nitrogen and oxygen atoms in total. The maximum Gasteiger partial charge on any atom is 0.263 e. The molecule has 0 saturated heterocycles. The van der Waals surface area contributed by atoms with Gasteiger partial charge in [-0.2, -0.15) is 0 Å². The molecule has 1 atom stereocenters. The molecule has 3 aromatic rings. The molecule has 0 spiro atoms. The van der Waals surface area contributed by atoms with E-state index in [2.05, 4.69) is 10.0 Å². The Hall–Kier alpha value is -3.23. The Morgan fingerprint density at radius 1 is 0.939 bits per heavy atom. The van der Waals surface area contributed by atoms with Crippen molar-refractivity contribution >= 4 is 33.2 Å². The van der Waals surface area contributed by atoms with Crippen LogP contribution < -0.4 is 19.5 Å². The van der Waals surface area contributed by atoms with Crippen molar-refractivity contribution in [3.8, 4) is 11.5 Å². The monoisotopic (exact) mass is 488 g/mol. The second-order valence-corrected chi connectivity index (χ2v) is 9.48. The average Bonchev–Trinajstić information content (AvgIpc) is 2.79. The first-order valence-corrected chi connectivity index (χ1v) is 11.9. The average molecular weight is 489 g/mol. The van der Waals surface area contributed by atoms with Gasteiger partial charge in [-0.05, 0) is 61.9 Å². The van der Waals surface area contributed by atoms with Crippen LogP contribution in [-0.2, 0) is 10.0 Å². The Balaban J connectivity index is 1.82. The van der Waals surface area contributed by atoms with E-state index < -0.39 is 15.9 Å². The lowest BCUT2D eigenvalue weighted by molar-refractivity contribution is 0.0939. The Morgan fingerprint density at radius 3 is 2.24 bits per heavy atom. The number of hydrogen-bond acceptors (Lipinski definition) is 5. The molecule has 0 heterocycles. The number of hydrogen-bond donors (Lipinski definition) is 2. The minimum Gasteiger partial charge on any atom is -0.493 e. The summed E-state index contributed by atoms with van der Waals surface area (Å²) in [4.78, 5) is 12.7. The van der Waals surface area contributed by atoms with Gasteiger partial charge < -0.3 is 14.8 Å². The van der Waals surface area contributed by atoms with E-state index in [0.29, 0.717) is 17.2 Å². The maximum atomic E-state index is 12.9. The molecule has 0 aliphatic carbocycles. The van der Waals surface area contributed by atoms with Gasteiger partial charge in [-0.3, -0.25) is 9.52 Å². The highest BCUT2D eigenvalue weighted by Gasteiger charge is 2.21. The molecule has 0 unspecified atom stereocenters. The van der Waals surface area contributed by atoms with Crippen molar-refractivity contribution < 1.29 is 22.7 Å². The van der Waals surface area contributed by atoms with Gasteiger partial charge in [0.2, 0.25) is 0 Å². The summed E-state index contributed by atoms with van der Waals surface area (Å²) in [5, 5.41) is 2.87. The molecule has 0 fully saturated rings. The summed E-state index contributed by atoms with van der Waals surface area (Å²) in [5.41, 5.74) is 2.35. The number of rotatable bonds is 8. The van der Waals surface area contributed by atoms with E-state index in [-0.39, 0.29) is 21.5 Å². The third-order valence-electron chi connectivity index (χ3n) is 5.04. The quantitative estimate of drug-likeness (QED) is 0.467. The van der Waals surface area contributed by atoms with Crippen LogP contribution in [0.4, 0.5) is 5.69 Å². The minimum atomic E-state index is -4.00. The van der Waals surface area contributed by atoms with Gasteiger partial charge in [-0.1, -0.05) is 35.4 Å². The SMILES string of the molecule is COc1ccc([C@H](C)NC(=O)c2ccc(Cl)c(S(=O)(=O)Nc3ccc(C)cc3)c2)cc1OC. The summed E-state index contributed by atoms with van der Waals surface area (Å²) in [6, 6.07) is 16.0. The van der Waals surface area contributed by atoms with Crippen molar-refractivity contribution in [1.82, 2.24) is 5.32 Å². The van der Waals surface area contributed by atoms with E-state index in [4.69, 9.17) is 21.1 Å². The molecule has 2 N–H and O–H groups in total. The van der Waals surface area contributed by atoms with Gasteiger partial charge in [-0.15, -0.1) is 0 Å². The Bertz CT molecular complexity index is 1260. The smallest absolute Gasteiger partial charge is 0.263 e. The number of nitrogens with one attached hydrogen (secondary N) is 2. The topological polar surface area (TPSA) is 93.7 Å². The number of carbonyl (C=O) groups is 1. The highest BCUT2D eigenvalue weighted by atomic mass is 35.5. The zero-order valence-corrected chi connectivity index (χ0v) is 20.3. The molecule has 0 saturated carbocycles.